The fourth-order valence-electron chi connectivity index (χ4n) is 1.46. The van der Waals surface area contributed by atoms with Crippen LogP contribution in [0.1, 0.15) is 21.7 Å². The number of carbonyl (C=O) groups is 1. The fraction of sp³-hybridized carbons (Fsp3) is 0.500. The number of methoxy groups -OCH3 is 1. The largest absolute Gasteiger partial charge is 0.478 e. The van der Waals surface area contributed by atoms with E-state index >= 15 is 0 Å². The minimum Gasteiger partial charge on any atom is -0.478 e. The van der Waals surface area contributed by atoms with E-state index in [9.17, 15) is 18.0 Å². The van der Waals surface area contributed by atoms with Gasteiger partial charge in [-0.3, -0.25) is 0 Å². The summed E-state index contributed by atoms with van der Waals surface area (Å²) in [6.45, 7) is 0.692. The Labute approximate surface area is 113 Å². The molecule has 8 heteroatoms. The van der Waals surface area contributed by atoms with Crippen LogP contribution in [-0.4, -0.2) is 43.0 Å². The van der Waals surface area contributed by atoms with Crippen molar-refractivity contribution in [3.63, 3.8) is 0 Å². The molecular weight excluding hydrogens is 279 g/mol. The van der Waals surface area contributed by atoms with Crippen LogP contribution in [0.25, 0.3) is 0 Å². The molecule has 1 aromatic rings. The van der Waals surface area contributed by atoms with Gasteiger partial charge in [-0.05, 0) is 12.1 Å². The Morgan fingerprint density at radius 2 is 2.00 bits per heavy atom. The van der Waals surface area contributed by atoms with Crippen LogP contribution < -0.4 is 0 Å². The monoisotopic (exact) mass is 293 g/mol. The van der Waals surface area contributed by atoms with Crippen molar-refractivity contribution < 1.29 is 32.5 Å². The molecule has 0 unspecified atom stereocenters. The van der Waals surface area contributed by atoms with E-state index in [0.717, 1.165) is 6.07 Å². The summed E-state index contributed by atoms with van der Waals surface area (Å²) in [6, 6.07) is 1.56. The van der Waals surface area contributed by atoms with Crippen molar-refractivity contribution in [1.29, 1.82) is 0 Å². The number of hydrogen-bond donors (Lipinski definition) is 1. The van der Waals surface area contributed by atoms with Gasteiger partial charge in [0.2, 0.25) is 0 Å². The first-order valence-electron chi connectivity index (χ1n) is 5.73. The molecule has 0 aliphatic heterocycles. The lowest BCUT2D eigenvalue weighted by molar-refractivity contribution is -0.141. The van der Waals surface area contributed by atoms with E-state index in [2.05, 4.69) is 4.98 Å². The summed E-state index contributed by atoms with van der Waals surface area (Å²) in [5, 5.41) is 8.92. The van der Waals surface area contributed by atoms with Gasteiger partial charge in [0.1, 0.15) is 5.69 Å². The molecule has 0 bridgehead atoms. The molecule has 1 rings (SSSR count). The zero-order valence-electron chi connectivity index (χ0n) is 10.7. The molecule has 0 aromatic carbocycles. The third-order valence-corrected chi connectivity index (χ3v) is 2.41. The lowest BCUT2D eigenvalue weighted by Crippen LogP contribution is -2.15. The van der Waals surface area contributed by atoms with Gasteiger partial charge in [-0.1, -0.05) is 0 Å². The standard InChI is InChI=1S/C12H14F3NO4/c1-19-6-7-20-5-4-9-8(11(17)18)2-3-10(16-9)12(13,14)15/h2-3H,4-7H2,1H3,(H,17,18). The molecule has 0 saturated carbocycles. The number of alkyl halides is 3. The van der Waals surface area contributed by atoms with E-state index in [0.29, 0.717) is 12.7 Å². The Morgan fingerprint density at radius 1 is 1.30 bits per heavy atom. The highest BCUT2D eigenvalue weighted by Gasteiger charge is 2.33. The predicted octanol–water partition coefficient (Wildman–Crippen LogP) is 2.00. The van der Waals surface area contributed by atoms with Crippen LogP contribution in [-0.2, 0) is 22.1 Å². The van der Waals surface area contributed by atoms with Gasteiger partial charge in [0, 0.05) is 13.5 Å². The first kappa shape index (κ1) is 16.4. The Kier molecular flexibility index (Phi) is 5.90. The van der Waals surface area contributed by atoms with E-state index in [1.165, 1.54) is 7.11 Å². The normalized spacial score (nSPS) is 11.6. The highest BCUT2D eigenvalue weighted by atomic mass is 19.4. The number of aromatic nitrogens is 1. The summed E-state index contributed by atoms with van der Waals surface area (Å²) in [5.41, 5.74) is -1.52. The number of ether oxygens (including phenoxy) is 2. The quantitative estimate of drug-likeness (QED) is 0.779. The van der Waals surface area contributed by atoms with Gasteiger partial charge in [-0.2, -0.15) is 13.2 Å². The van der Waals surface area contributed by atoms with Crippen LogP contribution in [0.3, 0.4) is 0 Å². The molecule has 0 atom stereocenters. The maximum atomic E-state index is 12.5. The van der Waals surface area contributed by atoms with Crippen LogP contribution in [0.2, 0.25) is 0 Å². The topological polar surface area (TPSA) is 68.7 Å². The minimum atomic E-state index is -4.61. The molecule has 0 aliphatic rings. The summed E-state index contributed by atoms with van der Waals surface area (Å²) >= 11 is 0. The zero-order valence-corrected chi connectivity index (χ0v) is 10.7. The molecule has 1 aromatic heterocycles. The van der Waals surface area contributed by atoms with Gasteiger partial charge >= 0.3 is 12.1 Å². The van der Waals surface area contributed by atoms with Crippen LogP contribution in [0, 0.1) is 0 Å². The number of pyridine rings is 1. The van der Waals surface area contributed by atoms with Crippen molar-refractivity contribution in [2.75, 3.05) is 26.9 Å². The number of rotatable bonds is 7. The van der Waals surface area contributed by atoms with Crippen molar-refractivity contribution in [3.8, 4) is 0 Å². The van der Waals surface area contributed by atoms with Crippen molar-refractivity contribution in [3.05, 3.63) is 29.1 Å². The molecule has 112 valence electrons. The first-order valence-corrected chi connectivity index (χ1v) is 5.73. The highest BCUT2D eigenvalue weighted by Crippen LogP contribution is 2.28. The minimum absolute atomic E-state index is 0.0186. The van der Waals surface area contributed by atoms with E-state index in [-0.39, 0.29) is 30.9 Å². The Bertz CT molecular complexity index is 463. The SMILES string of the molecule is COCCOCCc1nc(C(F)(F)F)ccc1C(=O)O. The third-order valence-electron chi connectivity index (χ3n) is 2.41. The smallest absolute Gasteiger partial charge is 0.433 e. The second kappa shape index (κ2) is 7.20. The number of halogens is 3. The average molecular weight is 293 g/mol. The van der Waals surface area contributed by atoms with Crippen LogP contribution in [0.5, 0.6) is 0 Å². The van der Waals surface area contributed by atoms with Crippen molar-refractivity contribution in [2.45, 2.75) is 12.6 Å². The molecule has 1 heterocycles. The van der Waals surface area contributed by atoms with Crippen LogP contribution >= 0.6 is 0 Å². The third kappa shape index (κ3) is 4.78. The van der Waals surface area contributed by atoms with Gasteiger partial charge < -0.3 is 14.6 Å². The van der Waals surface area contributed by atoms with Gasteiger partial charge in [0.15, 0.2) is 0 Å². The summed E-state index contributed by atoms with van der Waals surface area (Å²) in [6.07, 6.45) is -4.63. The van der Waals surface area contributed by atoms with Gasteiger partial charge in [0.05, 0.1) is 31.1 Å². The Hall–Kier alpha value is -1.67. The first-order chi connectivity index (χ1) is 9.36. The second-order valence-electron chi connectivity index (χ2n) is 3.85. The molecular formula is C12H14F3NO4. The molecule has 0 fully saturated rings. The van der Waals surface area contributed by atoms with Crippen molar-refractivity contribution in [1.82, 2.24) is 4.98 Å². The molecule has 5 nitrogen and oxygen atoms in total. The summed E-state index contributed by atoms with van der Waals surface area (Å²) in [5.74, 6) is -1.32. The van der Waals surface area contributed by atoms with E-state index in [1.54, 1.807) is 0 Å². The molecule has 0 spiro atoms. The maximum Gasteiger partial charge on any atom is 0.433 e. The van der Waals surface area contributed by atoms with Gasteiger partial charge in [-0.25, -0.2) is 9.78 Å². The number of carboxylic acid groups (broad SMARTS) is 1. The molecule has 0 saturated heterocycles. The number of carboxylic acids is 1. The summed E-state index contributed by atoms with van der Waals surface area (Å²) in [7, 11) is 1.49. The van der Waals surface area contributed by atoms with Crippen molar-refractivity contribution in [2.24, 2.45) is 0 Å². The van der Waals surface area contributed by atoms with Crippen LogP contribution in [0.15, 0.2) is 12.1 Å². The maximum absolute atomic E-state index is 12.5. The van der Waals surface area contributed by atoms with Gasteiger partial charge in [0.25, 0.3) is 0 Å². The molecule has 1 N–H and O–H groups in total. The van der Waals surface area contributed by atoms with Gasteiger partial charge in [-0.15, -0.1) is 0 Å². The van der Waals surface area contributed by atoms with E-state index in [4.69, 9.17) is 14.6 Å². The second-order valence-corrected chi connectivity index (χ2v) is 3.85. The molecule has 0 amide bonds. The zero-order chi connectivity index (χ0) is 15.2. The number of nitrogens with zero attached hydrogens (tertiary/aromatic N) is 1. The summed E-state index contributed by atoms with van der Waals surface area (Å²) in [4.78, 5) is 14.3. The lowest BCUT2D eigenvalue weighted by Gasteiger charge is -2.10. The lowest BCUT2D eigenvalue weighted by atomic mass is 10.1. The Balaban J connectivity index is 2.81. The highest BCUT2D eigenvalue weighted by molar-refractivity contribution is 5.88. The molecule has 20 heavy (non-hydrogen) atoms. The number of hydrogen-bond acceptors (Lipinski definition) is 4. The predicted molar refractivity (Wildman–Crippen MR) is 62.6 cm³/mol. The molecule has 0 radical (unpaired) electrons. The van der Waals surface area contributed by atoms with E-state index < -0.39 is 17.8 Å². The van der Waals surface area contributed by atoms with Crippen molar-refractivity contribution >= 4 is 5.97 Å². The Morgan fingerprint density at radius 3 is 2.55 bits per heavy atom. The molecule has 0 aliphatic carbocycles. The van der Waals surface area contributed by atoms with Crippen LogP contribution in [0.4, 0.5) is 13.2 Å². The summed E-state index contributed by atoms with van der Waals surface area (Å²) < 4.78 is 47.4. The van der Waals surface area contributed by atoms with E-state index in [1.807, 2.05) is 0 Å². The average Bonchev–Trinajstić information content (AvgIpc) is 2.37. The fourth-order valence-corrected chi connectivity index (χ4v) is 1.46. The number of aromatic carboxylic acids is 1.